The minimum atomic E-state index is 0.0449. The van der Waals surface area contributed by atoms with E-state index >= 15 is 0 Å². The molecule has 4 heteroatoms. The van der Waals surface area contributed by atoms with Crippen LogP contribution in [0.1, 0.15) is 48.7 Å². The van der Waals surface area contributed by atoms with Crippen LogP contribution in [0.15, 0.2) is 12.1 Å². The number of amides is 1. The maximum Gasteiger partial charge on any atom is 0.254 e. The van der Waals surface area contributed by atoms with Crippen molar-refractivity contribution in [3.05, 3.63) is 23.4 Å². The molecule has 4 nitrogen and oxygen atoms in total. The standard InChI is InChI=1S/C13H19N3O/c1-8(2)11-6-9(7-12(14)15-11)13(17)16(3)10-4-5-10/h6-8,10H,4-5H2,1-3H3,(H2,14,15). The van der Waals surface area contributed by atoms with E-state index in [1.54, 1.807) is 11.0 Å². The van der Waals surface area contributed by atoms with E-state index in [1.165, 1.54) is 0 Å². The van der Waals surface area contributed by atoms with Crippen LogP contribution in [0.3, 0.4) is 0 Å². The highest BCUT2D eigenvalue weighted by Gasteiger charge is 2.30. The van der Waals surface area contributed by atoms with E-state index < -0.39 is 0 Å². The molecule has 0 saturated heterocycles. The minimum absolute atomic E-state index is 0.0449. The normalized spacial score (nSPS) is 15.1. The van der Waals surface area contributed by atoms with Crippen LogP contribution in [0.25, 0.3) is 0 Å². The molecule has 1 amide bonds. The summed E-state index contributed by atoms with van der Waals surface area (Å²) < 4.78 is 0. The summed E-state index contributed by atoms with van der Waals surface area (Å²) >= 11 is 0. The second-order valence-electron chi connectivity index (χ2n) is 5.01. The van der Waals surface area contributed by atoms with Crippen LogP contribution in [-0.2, 0) is 0 Å². The second kappa shape index (κ2) is 4.35. The summed E-state index contributed by atoms with van der Waals surface area (Å²) in [5.74, 6) is 0.739. The molecular weight excluding hydrogens is 214 g/mol. The Bertz CT molecular complexity index is 438. The zero-order valence-electron chi connectivity index (χ0n) is 10.6. The van der Waals surface area contributed by atoms with Gasteiger partial charge in [0.1, 0.15) is 5.82 Å². The molecule has 0 radical (unpaired) electrons. The van der Waals surface area contributed by atoms with Gasteiger partial charge in [0.05, 0.1) is 0 Å². The van der Waals surface area contributed by atoms with Crippen molar-refractivity contribution < 1.29 is 4.79 Å². The van der Waals surface area contributed by atoms with Gasteiger partial charge >= 0.3 is 0 Å². The molecule has 0 atom stereocenters. The van der Waals surface area contributed by atoms with Crippen molar-refractivity contribution in [3.8, 4) is 0 Å². The molecule has 92 valence electrons. The number of rotatable bonds is 3. The van der Waals surface area contributed by atoms with Crippen LogP contribution in [0.5, 0.6) is 0 Å². The molecule has 1 heterocycles. The molecule has 17 heavy (non-hydrogen) atoms. The summed E-state index contributed by atoms with van der Waals surface area (Å²) in [6.07, 6.45) is 2.22. The molecule has 2 N–H and O–H groups in total. The second-order valence-corrected chi connectivity index (χ2v) is 5.01. The Labute approximate surface area is 102 Å². The summed E-state index contributed by atoms with van der Waals surface area (Å²) in [6.45, 7) is 4.08. The van der Waals surface area contributed by atoms with Crippen molar-refractivity contribution in [2.45, 2.75) is 38.6 Å². The topological polar surface area (TPSA) is 59.2 Å². The quantitative estimate of drug-likeness (QED) is 0.869. The first-order valence-electron chi connectivity index (χ1n) is 6.03. The SMILES string of the molecule is CC(C)c1cc(C(=O)N(C)C2CC2)cc(N)n1. The molecule has 1 aromatic heterocycles. The van der Waals surface area contributed by atoms with Gasteiger partial charge in [-0.1, -0.05) is 13.8 Å². The van der Waals surface area contributed by atoms with Crippen molar-refractivity contribution in [1.29, 1.82) is 0 Å². The van der Waals surface area contributed by atoms with Gasteiger partial charge in [-0.2, -0.15) is 0 Å². The first-order chi connectivity index (χ1) is 7.99. The molecule has 1 fully saturated rings. The van der Waals surface area contributed by atoms with Gasteiger partial charge in [0.15, 0.2) is 0 Å². The number of carbonyl (C=O) groups is 1. The molecule has 0 aliphatic heterocycles. The lowest BCUT2D eigenvalue weighted by atomic mass is 10.1. The molecule has 0 unspecified atom stereocenters. The number of nitrogens with zero attached hydrogens (tertiary/aromatic N) is 2. The maximum atomic E-state index is 12.2. The monoisotopic (exact) mass is 233 g/mol. The van der Waals surface area contributed by atoms with Crippen LogP contribution in [0.2, 0.25) is 0 Å². The van der Waals surface area contributed by atoms with Crippen molar-refractivity contribution in [1.82, 2.24) is 9.88 Å². The highest BCUT2D eigenvalue weighted by atomic mass is 16.2. The van der Waals surface area contributed by atoms with Gasteiger partial charge in [-0.05, 0) is 30.9 Å². The molecule has 0 bridgehead atoms. The van der Waals surface area contributed by atoms with Crippen LogP contribution in [-0.4, -0.2) is 28.9 Å². The maximum absolute atomic E-state index is 12.2. The third kappa shape index (κ3) is 2.57. The Morgan fingerprint density at radius 3 is 2.65 bits per heavy atom. The van der Waals surface area contributed by atoms with Crippen LogP contribution in [0, 0.1) is 0 Å². The molecule has 1 aliphatic carbocycles. The number of aromatic nitrogens is 1. The summed E-state index contributed by atoms with van der Waals surface area (Å²) in [6, 6.07) is 3.93. The number of pyridine rings is 1. The average molecular weight is 233 g/mol. The Balaban J connectivity index is 2.27. The lowest BCUT2D eigenvalue weighted by molar-refractivity contribution is 0.0785. The van der Waals surface area contributed by atoms with E-state index in [4.69, 9.17) is 5.73 Å². The zero-order chi connectivity index (χ0) is 12.6. The lowest BCUT2D eigenvalue weighted by Crippen LogP contribution is -2.29. The summed E-state index contributed by atoms with van der Waals surface area (Å²) in [5.41, 5.74) is 7.27. The molecule has 1 aliphatic rings. The van der Waals surface area contributed by atoms with Gasteiger partial charge in [0, 0.05) is 24.3 Å². The van der Waals surface area contributed by atoms with E-state index in [9.17, 15) is 4.79 Å². The van der Waals surface area contributed by atoms with Crippen molar-refractivity contribution in [2.24, 2.45) is 0 Å². The Morgan fingerprint density at radius 2 is 2.12 bits per heavy atom. The van der Waals surface area contributed by atoms with E-state index in [0.29, 0.717) is 17.4 Å². The molecule has 1 aromatic rings. The predicted molar refractivity (Wildman–Crippen MR) is 67.9 cm³/mol. The first kappa shape index (κ1) is 11.9. The van der Waals surface area contributed by atoms with E-state index in [-0.39, 0.29) is 11.8 Å². The largest absolute Gasteiger partial charge is 0.384 e. The molecule has 0 aromatic carbocycles. The number of hydrogen-bond donors (Lipinski definition) is 1. The average Bonchev–Trinajstić information content (AvgIpc) is 3.10. The zero-order valence-corrected chi connectivity index (χ0v) is 10.6. The smallest absolute Gasteiger partial charge is 0.254 e. The van der Waals surface area contributed by atoms with E-state index in [0.717, 1.165) is 18.5 Å². The molecule has 2 rings (SSSR count). The van der Waals surface area contributed by atoms with Crippen LogP contribution >= 0.6 is 0 Å². The lowest BCUT2D eigenvalue weighted by Gasteiger charge is -2.17. The van der Waals surface area contributed by atoms with Gasteiger partial charge in [-0.3, -0.25) is 4.79 Å². The van der Waals surface area contributed by atoms with Crippen LogP contribution < -0.4 is 5.73 Å². The van der Waals surface area contributed by atoms with E-state index in [1.807, 2.05) is 27.0 Å². The molecule has 0 spiro atoms. The van der Waals surface area contributed by atoms with Gasteiger partial charge in [-0.15, -0.1) is 0 Å². The van der Waals surface area contributed by atoms with Gasteiger partial charge in [-0.25, -0.2) is 4.98 Å². The fourth-order valence-corrected chi connectivity index (χ4v) is 1.82. The summed E-state index contributed by atoms with van der Waals surface area (Å²) in [4.78, 5) is 18.2. The van der Waals surface area contributed by atoms with Gasteiger partial charge in [0.25, 0.3) is 5.91 Å². The third-order valence-corrected chi connectivity index (χ3v) is 3.12. The number of anilines is 1. The van der Waals surface area contributed by atoms with Crippen molar-refractivity contribution >= 4 is 11.7 Å². The Morgan fingerprint density at radius 1 is 1.47 bits per heavy atom. The third-order valence-electron chi connectivity index (χ3n) is 3.12. The first-order valence-corrected chi connectivity index (χ1v) is 6.03. The summed E-state index contributed by atoms with van der Waals surface area (Å²) in [7, 11) is 1.85. The highest BCUT2D eigenvalue weighted by molar-refractivity contribution is 5.95. The number of nitrogens with two attached hydrogens (primary N) is 1. The number of hydrogen-bond acceptors (Lipinski definition) is 3. The fourth-order valence-electron chi connectivity index (χ4n) is 1.82. The van der Waals surface area contributed by atoms with Crippen molar-refractivity contribution in [2.75, 3.05) is 12.8 Å². The van der Waals surface area contributed by atoms with Crippen LogP contribution in [0.4, 0.5) is 5.82 Å². The Kier molecular flexibility index (Phi) is 3.05. The van der Waals surface area contributed by atoms with E-state index in [2.05, 4.69) is 4.98 Å². The number of carbonyl (C=O) groups excluding carboxylic acids is 1. The fraction of sp³-hybridized carbons (Fsp3) is 0.538. The summed E-state index contributed by atoms with van der Waals surface area (Å²) in [5, 5.41) is 0. The Hall–Kier alpha value is -1.58. The van der Waals surface area contributed by atoms with Gasteiger partial charge in [0.2, 0.25) is 0 Å². The predicted octanol–water partition coefficient (Wildman–Crippen LogP) is 2.02. The molecule has 1 saturated carbocycles. The van der Waals surface area contributed by atoms with Crippen molar-refractivity contribution in [3.63, 3.8) is 0 Å². The molecular formula is C13H19N3O. The minimum Gasteiger partial charge on any atom is -0.384 e. The van der Waals surface area contributed by atoms with Gasteiger partial charge < -0.3 is 10.6 Å². The highest BCUT2D eigenvalue weighted by Crippen LogP contribution is 2.27. The number of nitrogen functional groups attached to an aromatic ring is 1.